The summed E-state index contributed by atoms with van der Waals surface area (Å²) in [6.45, 7) is 3.22. The molecule has 0 aliphatic carbocycles. The van der Waals surface area contributed by atoms with Gasteiger partial charge in [0.25, 0.3) is 0 Å². The minimum atomic E-state index is -3.86. The molecule has 0 saturated heterocycles. The summed E-state index contributed by atoms with van der Waals surface area (Å²) in [5.74, 6) is 4.68. The van der Waals surface area contributed by atoms with E-state index in [9.17, 15) is 13.2 Å². The highest BCUT2D eigenvalue weighted by atomic mass is 32.2. The average Bonchev–Trinajstić information content (AvgIpc) is 2.46. The Morgan fingerprint density at radius 2 is 1.95 bits per heavy atom. The van der Waals surface area contributed by atoms with E-state index in [4.69, 9.17) is 9.84 Å². The minimum Gasteiger partial charge on any atom is -0.481 e. The molecule has 1 aromatic rings. The van der Waals surface area contributed by atoms with Gasteiger partial charge in [-0.05, 0) is 38.1 Å². The number of nitrogens with zero attached hydrogens (tertiary/aromatic N) is 1. The van der Waals surface area contributed by atoms with Crippen LogP contribution in [-0.2, 0) is 14.8 Å². The maximum absolute atomic E-state index is 12.2. The molecular weight excluding hydrogens is 294 g/mol. The van der Waals surface area contributed by atoms with Crippen LogP contribution in [0.5, 0.6) is 5.75 Å². The van der Waals surface area contributed by atoms with E-state index in [0.29, 0.717) is 5.75 Å². The van der Waals surface area contributed by atoms with E-state index in [1.807, 2.05) is 0 Å². The fraction of sp³-hybridized carbons (Fsp3) is 0.357. The van der Waals surface area contributed by atoms with Gasteiger partial charge < -0.3 is 9.84 Å². The lowest BCUT2D eigenvalue weighted by molar-refractivity contribution is -0.140. The molecule has 0 bridgehead atoms. The number of carboxylic acids is 1. The highest BCUT2D eigenvalue weighted by molar-refractivity contribution is 7.89. The Hall–Kier alpha value is -2.04. The number of likely N-dealkylation sites (N-methyl/N-ethyl adjacent to an activating group) is 1. The Kier molecular flexibility index (Phi) is 5.76. The fourth-order valence-electron chi connectivity index (χ4n) is 1.43. The molecule has 21 heavy (non-hydrogen) atoms. The summed E-state index contributed by atoms with van der Waals surface area (Å²) < 4.78 is 30.6. The molecule has 1 unspecified atom stereocenters. The number of rotatable bonds is 6. The Morgan fingerprint density at radius 1 is 1.38 bits per heavy atom. The second-order valence-corrected chi connectivity index (χ2v) is 6.22. The van der Waals surface area contributed by atoms with Crippen LogP contribution in [0.3, 0.4) is 0 Å². The van der Waals surface area contributed by atoms with E-state index >= 15 is 0 Å². The zero-order chi connectivity index (χ0) is 16.0. The molecule has 0 aliphatic rings. The topological polar surface area (TPSA) is 83.9 Å². The van der Waals surface area contributed by atoms with Gasteiger partial charge in [-0.2, -0.15) is 4.31 Å². The number of ether oxygens (including phenoxy) is 1. The van der Waals surface area contributed by atoms with Gasteiger partial charge in [0.1, 0.15) is 18.4 Å². The molecule has 0 amide bonds. The quantitative estimate of drug-likeness (QED) is 0.798. The number of sulfonamides is 1. The van der Waals surface area contributed by atoms with Crippen molar-refractivity contribution in [2.75, 3.05) is 13.7 Å². The molecule has 0 saturated carbocycles. The number of carboxylic acid groups (broad SMARTS) is 1. The maximum Gasteiger partial charge on any atom is 0.321 e. The van der Waals surface area contributed by atoms with Crippen molar-refractivity contribution in [3.8, 4) is 17.6 Å². The molecule has 1 rings (SSSR count). The van der Waals surface area contributed by atoms with Gasteiger partial charge in [-0.3, -0.25) is 4.79 Å². The normalized spacial score (nSPS) is 12.4. The first kappa shape index (κ1) is 17.0. The second-order valence-electron chi connectivity index (χ2n) is 4.22. The summed E-state index contributed by atoms with van der Waals surface area (Å²) in [4.78, 5) is 10.9. The van der Waals surface area contributed by atoms with Crippen molar-refractivity contribution in [3.05, 3.63) is 24.3 Å². The standard InChI is InChI=1S/C14H17NO5S/c1-4-5-10-20-12-6-8-13(9-7-12)21(18,19)15(3)11(2)14(16)17/h6-9,11H,10H2,1-3H3,(H,16,17). The van der Waals surface area contributed by atoms with Gasteiger partial charge in [0, 0.05) is 7.05 Å². The van der Waals surface area contributed by atoms with E-state index in [-0.39, 0.29) is 11.5 Å². The molecule has 114 valence electrons. The zero-order valence-electron chi connectivity index (χ0n) is 12.0. The Bertz CT molecular complexity index is 655. The second kappa shape index (κ2) is 7.11. The number of benzene rings is 1. The van der Waals surface area contributed by atoms with Crippen molar-refractivity contribution in [3.63, 3.8) is 0 Å². The van der Waals surface area contributed by atoms with Crippen molar-refractivity contribution in [2.24, 2.45) is 0 Å². The highest BCUT2D eigenvalue weighted by Gasteiger charge is 2.29. The first-order chi connectivity index (χ1) is 9.80. The maximum atomic E-state index is 12.2. The van der Waals surface area contributed by atoms with Crippen LogP contribution in [0.2, 0.25) is 0 Å². The fourth-order valence-corrected chi connectivity index (χ4v) is 2.75. The molecular formula is C14H17NO5S. The Morgan fingerprint density at radius 3 is 2.43 bits per heavy atom. The summed E-state index contributed by atoms with van der Waals surface area (Å²) in [5, 5.41) is 8.89. The van der Waals surface area contributed by atoms with Crippen molar-refractivity contribution in [1.82, 2.24) is 4.31 Å². The first-order valence-corrected chi connectivity index (χ1v) is 7.58. The lowest BCUT2D eigenvalue weighted by Crippen LogP contribution is -2.40. The van der Waals surface area contributed by atoms with Crippen molar-refractivity contribution in [1.29, 1.82) is 0 Å². The third kappa shape index (κ3) is 4.21. The van der Waals surface area contributed by atoms with Crippen molar-refractivity contribution in [2.45, 2.75) is 24.8 Å². The van der Waals surface area contributed by atoms with Crippen LogP contribution < -0.4 is 4.74 Å². The third-order valence-electron chi connectivity index (χ3n) is 2.89. The van der Waals surface area contributed by atoms with Gasteiger partial charge in [0.15, 0.2) is 0 Å². The monoisotopic (exact) mass is 311 g/mol. The van der Waals surface area contributed by atoms with E-state index in [1.165, 1.54) is 38.2 Å². The van der Waals surface area contributed by atoms with Crippen molar-refractivity contribution >= 4 is 16.0 Å². The van der Waals surface area contributed by atoms with Gasteiger partial charge in [-0.25, -0.2) is 8.42 Å². The SMILES string of the molecule is CC#CCOc1ccc(S(=O)(=O)N(C)C(C)C(=O)O)cc1. The number of hydrogen-bond acceptors (Lipinski definition) is 4. The average molecular weight is 311 g/mol. The van der Waals surface area contributed by atoms with Gasteiger partial charge in [0.05, 0.1) is 4.90 Å². The molecule has 1 N–H and O–H groups in total. The number of hydrogen-bond donors (Lipinski definition) is 1. The Labute approximate surface area is 124 Å². The molecule has 0 aliphatic heterocycles. The molecule has 1 aromatic carbocycles. The van der Waals surface area contributed by atoms with Crippen LogP contribution in [0.1, 0.15) is 13.8 Å². The van der Waals surface area contributed by atoms with Crippen molar-refractivity contribution < 1.29 is 23.1 Å². The van der Waals surface area contributed by atoms with Gasteiger partial charge in [-0.1, -0.05) is 5.92 Å². The first-order valence-electron chi connectivity index (χ1n) is 6.14. The predicted molar refractivity (Wildman–Crippen MR) is 77.4 cm³/mol. The summed E-state index contributed by atoms with van der Waals surface area (Å²) in [6.07, 6.45) is 0. The van der Waals surface area contributed by atoms with Gasteiger partial charge in [0.2, 0.25) is 10.0 Å². The Balaban J connectivity index is 2.93. The van der Waals surface area contributed by atoms with Crippen LogP contribution in [0.4, 0.5) is 0 Å². The summed E-state index contributed by atoms with van der Waals surface area (Å²) in [7, 11) is -2.62. The number of carbonyl (C=O) groups is 1. The van der Waals surface area contributed by atoms with Crippen LogP contribution in [0, 0.1) is 11.8 Å². The summed E-state index contributed by atoms with van der Waals surface area (Å²) in [6, 6.07) is 4.60. The zero-order valence-corrected chi connectivity index (χ0v) is 12.8. The molecule has 1 atom stereocenters. The minimum absolute atomic E-state index is 0.00651. The largest absolute Gasteiger partial charge is 0.481 e. The highest BCUT2D eigenvalue weighted by Crippen LogP contribution is 2.20. The van der Waals surface area contributed by atoms with Gasteiger partial charge in [-0.15, -0.1) is 5.92 Å². The lowest BCUT2D eigenvalue weighted by atomic mass is 10.3. The van der Waals surface area contributed by atoms with E-state index in [2.05, 4.69) is 11.8 Å². The molecule has 0 aromatic heterocycles. The van der Waals surface area contributed by atoms with E-state index in [1.54, 1.807) is 6.92 Å². The number of aliphatic carboxylic acids is 1. The summed E-state index contributed by atoms with van der Waals surface area (Å²) in [5.41, 5.74) is 0. The molecule has 0 radical (unpaired) electrons. The molecule has 0 fully saturated rings. The third-order valence-corrected chi connectivity index (χ3v) is 4.83. The van der Waals surface area contributed by atoms with E-state index in [0.717, 1.165) is 4.31 Å². The smallest absolute Gasteiger partial charge is 0.321 e. The molecule has 6 nitrogen and oxygen atoms in total. The van der Waals surface area contributed by atoms with E-state index < -0.39 is 22.0 Å². The van der Waals surface area contributed by atoms with Crippen LogP contribution >= 0.6 is 0 Å². The van der Waals surface area contributed by atoms with Crippen LogP contribution in [-0.4, -0.2) is 43.5 Å². The molecule has 7 heteroatoms. The molecule has 0 heterocycles. The van der Waals surface area contributed by atoms with Crippen LogP contribution in [0.25, 0.3) is 0 Å². The van der Waals surface area contributed by atoms with Crippen LogP contribution in [0.15, 0.2) is 29.2 Å². The van der Waals surface area contributed by atoms with Gasteiger partial charge >= 0.3 is 5.97 Å². The lowest BCUT2D eigenvalue weighted by Gasteiger charge is -2.21. The predicted octanol–water partition coefficient (Wildman–Crippen LogP) is 1.18. The summed E-state index contributed by atoms with van der Waals surface area (Å²) >= 11 is 0. The molecule has 0 spiro atoms.